The van der Waals surface area contributed by atoms with Gasteiger partial charge in [-0.05, 0) is 55.8 Å². The van der Waals surface area contributed by atoms with Gasteiger partial charge in [0.25, 0.3) is 5.91 Å². The van der Waals surface area contributed by atoms with Crippen LogP contribution in [0.5, 0.6) is 5.75 Å². The molecular weight excluding hydrogens is 323 g/mol. The Morgan fingerprint density at radius 3 is 2.52 bits per heavy atom. The number of carbonyl (C=O) groups is 1. The highest BCUT2D eigenvalue weighted by molar-refractivity contribution is 6.03. The van der Waals surface area contributed by atoms with Gasteiger partial charge in [0.2, 0.25) is 0 Å². The molecule has 2 aromatic carbocycles. The lowest BCUT2D eigenvalue weighted by molar-refractivity contribution is 0.102. The molecule has 1 amide bonds. The van der Waals surface area contributed by atoms with Crippen LogP contribution in [-0.4, -0.2) is 28.0 Å². The number of carbonyl (C=O) groups excluding carboxylic acids is 1. The van der Waals surface area contributed by atoms with Gasteiger partial charge in [-0.25, -0.2) is 9.07 Å². The molecule has 0 unspecified atom stereocenters. The fourth-order valence-corrected chi connectivity index (χ4v) is 2.36. The second-order valence-electron chi connectivity index (χ2n) is 5.55. The van der Waals surface area contributed by atoms with Crippen LogP contribution >= 0.6 is 0 Å². The van der Waals surface area contributed by atoms with Crippen LogP contribution in [0.15, 0.2) is 42.5 Å². The van der Waals surface area contributed by atoms with E-state index >= 15 is 0 Å². The largest absolute Gasteiger partial charge is 0.497 e. The topological polar surface area (TPSA) is 69.0 Å². The number of nitrogens with zero attached hydrogens (tertiary/aromatic N) is 3. The summed E-state index contributed by atoms with van der Waals surface area (Å²) in [6.45, 7) is 3.39. The Kier molecular flexibility index (Phi) is 4.47. The highest BCUT2D eigenvalue weighted by Crippen LogP contribution is 2.18. The van der Waals surface area contributed by atoms with Gasteiger partial charge in [-0.3, -0.25) is 4.79 Å². The summed E-state index contributed by atoms with van der Waals surface area (Å²) in [7, 11) is 1.57. The minimum absolute atomic E-state index is 0.178. The first-order valence-electron chi connectivity index (χ1n) is 7.64. The quantitative estimate of drug-likeness (QED) is 0.791. The van der Waals surface area contributed by atoms with Crippen molar-refractivity contribution in [1.29, 1.82) is 0 Å². The van der Waals surface area contributed by atoms with Crippen LogP contribution in [0.3, 0.4) is 0 Å². The molecule has 0 aliphatic carbocycles. The van der Waals surface area contributed by atoms with Crippen LogP contribution in [-0.2, 0) is 0 Å². The van der Waals surface area contributed by atoms with E-state index in [2.05, 4.69) is 15.6 Å². The summed E-state index contributed by atoms with van der Waals surface area (Å²) in [5, 5.41) is 10.6. The maximum atomic E-state index is 13.8. The fraction of sp³-hybridized carbons (Fsp3) is 0.167. The molecule has 0 aliphatic heterocycles. The van der Waals surface area contributed by atoms with E-state index < -0.39 is 0 Å². The van der Waals surface area contributed by atoms with Crippen LogP contribution in [0.4, 0.5) is 10.1 Å². The van der Waals surface area contributed by atoms with Gasteiger partial charge >= 0.3 is 0 Å². The van der Waals surface area contributed by atoms with Crippen molar-refractivity contribution in [2.75, 3.05) is 12.4 Å². The molecule has 25 heavy (non-hydrogen) atoms. The van der Waals surface area contributed by atoms with Crippen molar-refractivity contribution in [2.24, 2.45) is 0 Å². The highest BCUT2D eigenvalue weighted by Gasteiger charge is 2.18. The molecule has 0 fully saturated rings. The number of benzene rings is 2. The van der Waals surface area contributed by atoms with E-state index in [1.54, 1.807) is 57.4 Å². The number of halogens is 1. The number of rotatable bonds is 4. The molecule has 6 nitrogen and oxygen atoms in total. The van der Waals surface area contributed by atoms with Gasteiger partial charge < -0.3 is 10.1 Å². The molecule has 0 saturated carbocycles. The Morgan fingerprint density at radius 1 is 1.16 bits per heavy atom. The molecule has 1 heterocycles. The van der Waals surface area contributed by atoms with Crippen molar-refractivity contribution in [1.82, 2.24) is 15.0 Å². The third-order valence-electron chi connectivity index (χ3n) is 3.86. The molecule has 1 N–H and O–H groups in total. The summed E-state index contributed by atoms with van der Waals surface area (Å²) in [6, 6.07) is 11.7. The fourth-order valence-electron chi connectivity index (χ4n) is 2.36. The smallest absolute Gasteiger partial charge is 0.278 e. The zero-order chi connectivity index (χ0) is 18.0. The number of nitrogens with one attached hydrogen (secondary N) is 1. The van der Waals surface area contributed by atoms with Crippen molar-refractivity contribution in [3.8, 4) is 11.4 Å². The van der Waals surface area contributed by atoms with Gasteiger partial charge in [0.15, 0.2) is 5.69 Å². The minimum atomic E-state index is -0.387. The molecule has 0 saturated heterocycles. The molecule has 0 radical (unpaired) electrons. The number of aryl methyl sites for hydroxylation is 1. The van der Waals surface area contributed by atoms with E-state index in [0.717, 1.165) is 0 Å². The lowest BCUT2D eigenvalue weighted by Crippen LogP contribution is -2.14. The highest BCUT2D eigenvalue weighted by atomic mass is 19.1. The van der Waals surface area contributed by atoms with Crippen LogP contribution < -0.4 is 10.1 Å². The number of aromatic nitrogens is 3. The molecule has 3 aromatic rings. The zero-order valence-corrected chi connectivity index (χ0v) is 14.1. The predicted molar refractivity (Wildman–Crippen MR) is 91.7 cm³/mol. The summed E-state index contributed by atoms with van der Waals surface area (Å²) < 4.78 is 20.3. The second-order valence-corrected chi connectivity index (χ2v) is 5.55. The van der Waals surface area contributed by atoms with E-state index in [4.69, 9.17) is 4.74 Å². The van der Waals surface area contributed by atoms with Crippen LogP contribution in [0, 0.1) is 19.7 Å². The van der Waals surface area contributed by atoms with Crippen LogP contribution in [0.25, 0.3) is 5.69 Å². The third-order valence-corrected chi connectivity index (χ3v) is 3.86. The summed E-state index contributed by atoms with van der Waals surface area (Å²) in [5.41, 5.74) is 2.36. The Labute approximate surface area is 144 Å². The third kappa shape index (κ3) is 3.35. The van der Waals surface area contributed by atoms with E-state index in [9.17, 15) is 9.18 Å². The molecule has 0 spiro atoms. The first kappa shape index (κ1) is 16.6. The first-order chi connectivity index (χ1) is 12.0. The van der Waals surface area contributed by atoms with Crippen molar-refractivity contribution in [3.05, 3.63) is 65.2 Å². The van der Waals surface area contributed by atoms with Gasteiger partial charge in [0.05, 0.1) is 18.5 Å². The standard InChI is InChI=1S/C18H17FN4O2/c1-11-4-7-14(10-16(11)19)23-12(2)17(21-22-23)18(24)20-13-5-8-15(25-3)9-6-13/h4-10H,1-3H3,(H,20,24). The summed E-state index contributed by atoms with van der Waals surface area (Å²) >= 11 is 0. The van der Waals surface area contributed by atoms with Gasteiger partial charge in [-0.1, -0.05) is 11.3 Å². The molecular formula is C18H17FN4O2. The Morgan fingerprint density at radius 2 is 1.88 bits per heavy atom. The molecule has 0 atom stereocenters. The molecule has 1 aromatic heterocycles. The van der Waals surface area contributed by atoms with Crippen molar-refractivity contribution >= 4 is 11.6 Å². The summed E-state index contributed by atoms with van der Waals surface area (Å²) in [6.07, 6.45) is 0. The van der Waals surface area contributed by atoms with Gasteiger partial charge in [-0.2, -0.15) is 0 Å². The number of anilines is 1. The van der Waals surface area contributed by atoms with Gasteiger partial charge in [0.1, 0.15) is 11.6 Å². The predicted octanol–water partition coefficient (Wildman–Crippen LogP) is 3.28. The summed E-state index contributed by atoms with van der Waals surface area (Å²) in [4.78, 5) is 12.4. The summed E-state index contributed by atoms with van der Waals surface area (Å²) in [5.74, 6) is -0.0281. The molecule has 0 bridgehead atoms. The maximum absolute atomic E-state index is 13.8. The van der Waals surface area contributed by atoms with Crippen molar-refractivity contribution < 1.29 is 13.9 Å². The van der Waals surface area contributed by atoms with E-state index in [0.29, 0.717) is 28.4 Å². The lowest BCUT2D eigenvalue weighted by atomic mass is 10.2. The monoisotopic (exact) mass is 340 g/mol. The van der Waals surface area contributed by atoms with Crippen molar-refractivity contribution in [3.63, 3.8) is 0 Å². The van der Waals surface area contributed by atoms with Crippen molar-refractivity contribution in [2.45, 2.75) is 13.8 Å². The number of hydrogen-bond acceptors (Lipinski definition) is 4. The molecule has 7 heteroatoms. The molecule has 128 valence electrons. The first-order valence-corrected chi connectivity index (χ1v) is 7.64. The van der Waals surface area contributed by atoms with Crippen LogP contribution in [0.1, 0.15) is 21.7 Å². The Bertz CT molecular complexity index is 919. The van der Waals surface area contributed by atoms with Gasteiger partial charge in [-0.15, -0.1) is 5.10 Å². The van der Waals surface area contributed by atoms with E-state index in [1.165, 1.54) is 10.7 Å². The Balaban J connectivity index is 1.84. The average Bonchev–Trinajstić information content (AvgIpc) is 2.99. The van der Waals surface area contributed by atoms with E-state index in [1.807, 2.05) is 0 Å². The Hall–Kier alpha value is -3.22. The van der Waals surface area contributed by atoms with Gasteiger partial charge in [0, 0.05) is 5.69 Å². The number of methoxy groups -OCH3 is 1. The average molecular weight is 340 g/mol. The molecule has 3 rings (SSSR count). The number of hydrogen-bond donors (Lipinski definition) is 1. The van der Waals surface area contributed by atoms with Crippen LogP contribution in [0.2, 0.25) is 0 Å². The zero-order valence-electron chi connectivity index (χ0n) is 14.1. The van der Waals surface area contributed by atoms with E-state index in [-0.39, 0.29) is 17.4 Å². The minimum Gasteiger partial charge on any atom is -0.497 e. The number of ether oxygens (including phenoxy) is 1. The second kappa shape index (κ2) is 6.72. The maximum Gasteiger partial charge on any atom is 0.278 e. The lowest BCUT2D eigenvalue weighted by Gasteiger charge is -2.06. The SMILES string of the molecule is COc1ccc(NC(=O)c2nnn(-c3ccc(C)c(F)c3)c2C)cc1. The molecule has 0 aliphatic rings. The number of amides is 1. The normalized spacial score (nSPS) is 10.6.